The van der Waals surface area contributed by atoms with E-state index in [9.17, 15) is 24.3 Å². The number of likely N-dealkylation sites (tertiary alicyclic amines) is 1. The summed E-state index contributed by atoms with van der Waals surface area (Å²) in [6.45, 7) is 7.45. The van der Waals surface area contributed by atoms with Gasteiger partial charge >= 0.3 is 5.97 Å². The Bertz CT molecular complexity index is 1260. The Morgan fingerprint density at radius 2 is 1.68 bits per heavy atom. The Hall–Kier alpha value is -3.43. The molecule has 3 atom stereocenters. The number of carboxylic acid groups (broad SMARTS) is 1. The number of aryl methyl sites for hydroxylation is 1. The van der Waals surface area contributed by atoms with Crippen LogP contribution in [0.25, 0.3) is 10.4 Å². The van der Waals surface area contributed by atoms with Crippen LogP contribution in [-0.4, -0.2) is 108 Å². The van der Waals surface area contributed by atoms with Gasteiger partial charge in [0, 0.05) is 19.5 Å². The SMILES string of the molecule is Cc1ncsc1-c1ccc(CNC(=O)C2CC(O)CN2C(=O)C(NC(=O)COCCOCCOCC(=O)O)C(C)(C)C)cc1. The number of carbonyl (C=O) groups excluding carboxylic acids is 3. The largest absolute Gasteiger partial charge is 0.480 e. The van der Waals surface area contributed by atoms with Crippen LogP contribution in [0.4, 0.5) is 0 Å². The molecule has 14 heteroatoms. The first kappa shape index (κ1) is 35.1. The van der Waals surface area contributed by atoms with E-state index in [0.29, 0.717) is 0 Å². The van der Waals surface area contributed by atoms with Crippen molar-refractivity contribution in [1.29, 1.82) is 0 Å². The van der Waals surface area contributed by atoms with Crippen molar-refractivity contribution in [2.45, 2.75) is 58.8 Å². The third-order valence-corrected chi connectivity index (χ3v) is 7.89. The molecule has 0 aliphatic carbocycles. The highest BCUT2D eigenvalue weighted by Gasteiger charge is 2.44. The number of carboxylic acids is 1. The Labute approximate surface area is 260 Å². The van der Waals surface area contributed by atoms with Crippen LogP contribution >= 0.6 is 11.3 Å². The second kappa shape index (κ2) is 16.6. The number of hydrogen-bond donors (Lipinski definition) is 4. The molecule has 0 spiro atoms. The Kier molecular flexibility index (Phi) is 13.2. The smallest absolute Gasteiger partial charge is 0.329 e. The molecule has 1 fully saturated rings. The zero-order valence-corrected chi connectivity index (χ0v) is 26.4. The first-order valence-electron chi connectivity index (χ1n) is 14.4. The zero-order valence-electron chi connectivity index (χ0n) is 25.5. The number of aromatic nitrogens is 1. The molecule has 44 heavy (non-hydrogen) atoms. The molecule has 13 nitrogen and oxygen atoms in total. The number of ether oxygens (including phenoxy) is 3. The quantitative estimate of drug-likeness (QED) is 0.197. The normalized spacial score (nSPS) is 17.3. The van der Waals surface area contributed by atoms with Crippen molar-refractivity contribution in [2.75, 3.05) is 46.2 Å². The van der Waals surface area contributed by atoms with E-state index in [2.05, 4.69) is 15.6 Å². The molecular weight excluding hydrogens is 592 g/mol. The minimum atomic E-state index is -1.06. The number of aliphatic hydroxyl groups is 1. The summed E-state index contributed by atoms with van der Waals surface area (Å²) in [6.07, 6.45) is -0.776. The van der Waals surface area contributed by atoms with Crippen LogP contribution in [0, 0.1) is 12.3 Å². The maximum atomic E-state index is 13.7. The van der Waals surface area contributed by atoms with E-state index in [0.717, 1.165) is 21.7 Å². The number of aliphatic hydroxyl groups excluding tert-OH is 1. The van der Waals surface area contributed by atoms with E-state index in [1.807, 2.05) is 31.2 Å². The highest BCUT2D eigenvalue weighted by atomic mass is 32.1. The number of thiazole rings is 1. The van der Waals surface area contributed by atoms with Gasteiger partial charge in [0.2, 0.25) is 17.7 Å². The topological polar surface area (TPSA) is 177 Å². The van der Waals surface area contributed by atoms with Gasteiger partial charge in [-0.1, -0.05) is 45.0 Å². The molecule has 242 valence electrons. The number of β-amino-alcohol motifs (C(OH)–C–C–N with tert-alkyl or cyclic N) is 1. The Morgan fingerprint density at radius 1 is 1.05 bits per heavy atom. The average Bonchev–Trinajstić information content (AvgIpc) is 3.58. The van der Waals surface area contributed by atoms with Crippen LogP contribution in [-0.2, 0) is 39.9 Å². The maximum Gasteiger partial charge on any atom is 0.329 e. The van der Waals surface area contributed by atoms with Gasteiger partial charge in [0.25, 0.3) is 0 Å². The number of carbonyl (C=O) groups is 4. The molecule has 3 unspecified atom stereocenters. The van der Waals surface area contributed by atoms with E-state index >= 15 is 0 Å². The fraction of sp³-hybridized carbons (Fsp3) is 0.567. The predicted octanol–water partition coefficient (Wildman–Crippen LogP) is 1.36. The number of benzene rings is 1. The minimum Gasteiger partial charge on any atom is -0.480 e. The maximum absolute atomic E-state index is 13.7. The Balaban J connectivity index is 1.50. The standard InChI is InChI=1S/C30H42N4O9S/c1-19-26(44-18-32-19)21-7-5-20(6-8-21)14-31-28(39)23-13-22(35)15-34(23)29(40)27(30(2,3)4)33-24(36)16-42-11-9-41-10-12-43-17-25(37)38/h5-8,18,22-23,27,35H,9-17H2,1-4H3,(H,31,39)(H,33,36)(H,37,38). The first-order valence-corrected chi connectivity index (χ1v) is 15.2. The summed E-state index contributed by atoms with van der Waals surface area (Å²) in [5.41, 5.74) is 4.00. The van der Waals surface area contributed by atoms with Gasteiger partial charge in [0.1, 0.15) is 25.3 Å². The van der Waals surface area contributed by atoms with Crippen LogP contribution in [0.3, 0.4) is 0 Å². The van der Waals surface area contributed by atoms with Crippen molar-refractivity contribution < 1.29 is 43.6 Å². The third-order valence-electron chi connectivity index (χ3n) is 6.91. The molecule has 0 saturated carbocycles. The molecule has 2 aromatic rings. The number of nitrogens with one attached hydrogen (secondary N) is 2. The van der Waals surface area contributed by atoms with Crippen molar-refractivity contribution in [2.24, 2.45) is 5.41 Å². The molecule has 2 heterocycles. The molecule has 1 aliphatic rings. The second-order valence-electron chi connectivity index (χ2n) is 11.6. The van der Waals surface area contributed by atoms with Crippen molar-refractivity contribution in [1.82, 2.24) is 20.5 Å². The molecular formula is C30H42N4O9S. The van der Waals surface area contributed by atoms with E-state index in [1.165, 1.54) is 4.90 Å². The number of rotatable bonds is 16. The van der Waals surface area contributed by atoms with Crippen molar-refractivity contribution in [3.8, 4) is 10.4 Å². The van der Waals surface area contributed by atoms with Crippen LogP contribution in [0.15, 0.2) is 29.8 Å². The van der Waals surface area contributed by atoms with Crippen LogP contribution in [0.1, 0.15) is 38.4 Å². The molecule has 1 saturated heterocycles. The lowest BCUT2D eigenvalue weighted by Crippen LogP contribution is -2.58. The summed E-state index contributed by atoms with van der Waals surface area (Å²) in [5, 5.41) is 24.5. The lowest BCUT2D eigenvalue weighted by Gasteiger charge is -2.35. The molecule has 1 aliphatic heterocycles. The van der Waals surface area contributed by atoms with Crippen LogP contribution < -0.4 is 10.6 Å². The van der Waals surface area contributed by atoms with Gasteiger partial charge in [-0.15, -0.1) is 11.3 Å². The van der Waals surface area contributed by atoms with Crippen molar-refractivity contribution in [3.05, 3.63) is 41.0 Å². The lowest BCUT2D eigenvalue weighted by molar-refractivity contribution is -0.144. The van der Waals surface area contributed by atoms with E-state index in [-0.39, 0.29) is 58.5 Å². The van der Waals surface area contributed by atoms with Gasteiger partial charge < -0.3 is 40.0 Å². The van der Waals surface area contributed by atoms with Crippen LogP contribution in [0.5, 0.6) is 0 Å². The van der Waals surface area contributed by atoms with E-state index in [4.69, 9.17) is 19.3 Å². The summed E-state index contributed by atoms with van der Waals surface area (Å²) in [5.74, 6) is -2.42. The molecule has 0 bridgehead atoms. The highest BCUT2D eigenvalue weighted by molar-refractivity contribution is 7.13. The number of aliphatic carboxylic acids is 1. The fourth-order valence-corrected chi connectivity index (χ4v) is 5.46. The zero-order chi connectivity index (χ0) is 32.3. The summed E-state index contributed by atoms with van der Waals surface area (Å²) < 4.78 is 15.5. The second-order valence-corrected chi connectivity index (χ2v) is 12.4. The number of nitrogens with zero attached hydrogens (tertiary/aromatic N) is 2. The summed E-state index contributed by atoms with van der Waals surface area (Å²) in [4.78, 5) is 56.7. The van der Waals surface area contributed by atoms with Crippen LogP contribution in [0.2, 0.25) is 0 Å². The lowest BCUT2D eigenvalue weighted by atomic mass is 9.85. The summed E-state index contributed by atoms with van der Waals surface area (Å²) in [7, 11) is 0. The predicted molar refractivity (Wildman–Crippen MR) is 162 cm³/mol. The fourth-order valence-electron chi connectivity index (χ4n) is 4.65. The summed E-state index contributed by atoms with van der Waals surface area (Å²) >= 11 is 1.57. The van der Waals surface area contributed by atoms with E-state index in [1.54, 1.807) is 37.6 Å². The molecule has 0 radical (unpaired) electrons. The van der Waals surface area contributed by atoms with Gasteiger partial charge in [-0.05, 0) is 23.5 Å². The van der Waals surface area contributed by atoms with E-state index < -0.39 is 48.0 Å². The first-order chi connectivity index (χ1) is 20.9. The molecule has 4 N–H and O–H groups in total. The third kappa shape index (κ3) is 10.6. The van der Waals surface area contributed by atoms with Gasteiger partial charge in [0.15, 0.2) is 0 Å². The molecule has 3 amide bonds. The molecule has 3 rings (SSSR count). The van der Waals surface area contributed by atoms with Gasteiger partial charge in [-0.25, -0.2) is 9.78 Å². The van der Waals surface area contributed by atoms with Gasteiger partial charge in [0.05, 0.1) is 48.6 Å². The monoisotopic (exact) mass is 634 g/mol. The average molecular weight is 635 g/mol. The highest BCUT2D eigenvalue weighted by Crippen LogP contribution is 2.28. The minimum absolute atomic E-state index is 0.0215. The molecule has 1 aromatic carbocycles. The van der Waals surface area contributed by atoms with Crippen molar-refractivity contribution in [3.63, 3.8) is 0 Å². The number of hydrogen-bond acceptors (Lipinski definition) is 10. The molecule has 1 aromatic heterocycles. The van der Waals surface area contributed by atoms with Gasteiger partial charge in [-0.3, -0.25) is 14.4 Å². The summed E-state index contributed by atoms with van der Waals surface area (Å²) in [6, 6.07) is 5.96. The van der Waals surface area contributed by atoms with Gasteiger partial charge in [-0.2, -0.15) is 0 Å². The van der Waals surface area contributed by atoms with Crippen molar-refractivity contribution >= 4 is 35.0 Å². The Morgan fingerprint density at radius 3 is 2.27 bits per heavy atom. The number of amides is 3.